The molecule has 0 aliphatic carbocycles. The van der Waals surface area contributed by atoms with Gasteiger partial charge in [-0.1, -0.05) is 54.7 Å². The van der Waals surface area contributed by atoms with Crippen molar-refractivity contribution in [2.75, 3.05) is 26.6 Å². The first-order valence-electron chi connectivity index (χ1n) is 18.2. The Bertz CT molecular complexity index is 2370. The number of halogens is 3. The van der Waals surface area contributed by atoms with Crippen molar-refractivity contribution in [3.8, 4) is 0 Å². The summed E-state index contributed by atoms with van der Waals surface area (Å²) in [6, 6.07) is 12.1. The number of aliphatic hydroxyl groups excluding tert-OH is 3. The molecule has 6 aromatic rings. The molecule has 4 heterocycles. The fourth-order valence-electron chi connectivity index (χ4n) is 6.43. The van der Waals surface area contributed by atoms with E-state index in [0.29, 0.717) is 12.6 Å². The standard InChI is InChI=1S/C13H16BrNO2.C11H12BrNO2S.C10H10BrN.C7H14O2.CH4O.K.H2O/c1-8-5-12-11(9(2)13(8)14)3-4-15(12)6-10(17)7-16;1-7-6-10-9(8(2)11(7)12)4-5-13(10)16(3,14)15;1-6-5-9-8(3-4-12-9)7(2)10(6)11;1-4-6-5-8-7(2,3)9-6;1-2;;/h3-5,10,16-17H,6-7H2,1-2H3;4-6H,1-3H3;3-5,12H,1-2H3;6H,4-5H2,1-3H3;2H,1H3;;1H2/q;;;;;+1;/p-1/t10-;;;6-;;;/m1..1.../s1. The Kier molecular flexibility index (Phi) is 22.8. The number of fused-ring (bicyclic) bond motifs is 3. The largest absolute Gasteiger partial charge is 1.00 e. The SMILES string of the molecule is CC[C@@H]1COC(C)(C)O1.CO.Cc1cc2[nH]ccc2c(C)c1Br.Cc1cc2c(ccn2C[C@@H](O)CO)c(C)c1Br.Cc1cc2c(ccn2S(C)(=O)=O)c(C)c1Br.[K+].[OH-]. The Labute approximate surface area is 411 Å². The molecule has 0 bridgehead atoms. The summed E-state index contributed by atoms with van der Waals surface area (Å²) in [4.78, 5) is 3.21. The Morgan fingerprint density at radius 3 is 1.79 bits per heavy atom. The smallest absolute Gasteiger partial charge is 0.870 e. The molecular weight excluding hydrogens is 985 g/mol. The molecule has 316 valence electrons. The van der Waals surface area contributed by atoms with E-state index >= 15 is 0 Å². The molecule has 16 heteroatoms. The number of nitrogens with zero attached hydrogens (tertiary/aromatic N) is 2. The van der Waals surface area contributed by atoms with E-state index in [1.165, 1.54) is 53.2 Å². The predicted octanol–water partition coefficient (Wildman–Crippen LogP) is 6.73. The minimum atomic E-state index is -3.23. The molecule has 1 fully saturated rings. The van der Waals surface area contributed by atoms with Crippen LogP contribution in [0.4, 0.5) is 0 Å². The van der Waals surface area contributed by atoms with E-state index in [9.17, 15) is 13.5 Å². The number of ether oxygens (including phenoxy) is 2. The van der Waals surface area contributed by atoms with Gasteiger partial charge in [0.15, 0.2) is 5.79 Å². The van der Waals surface area contributed by atoms with Crippen molar-refractivity contribution >= 4 is 90.5 Å². The van der Waals surface area contributed by atoms with Gasteiger partial charge in [0.2, 0.25) is 10.0 Å². The number of hydrogen-bond donors (Lipinski definition) is 4. The van der Waals surface area contributed by atoms with Crippen molar-refractivity contribution in [2.24, 2.45) is 0 Å². The minimum absolute atomic E-state index is 0. The summed E-state index contributed by atoms with van der Waals surface area (Å²) in [5.41, 5.74) is 10.1. The van der Waals surface area contributed by atoms with Gasteiger partial charge in [-0.15, -0.1) is 0 Å². The molecule has 0 amide bonds. The molecule has 7 rings (SSSR count). The van der Waals surface area contributed by atoms with Crippen molar-refractivity contribution < 1.29 is 90.1 Å². The molecule has 0 saturated carbocycles. The number of aromatic nitrogens is 3. The third kappa shape index (κ3) is 13.8. The maximum Gasteiger partial charge on any atom is 1.00 e. The van der Waals surface area contributed by atoms with Crippen LogP contribution in [0.1, 0.15) is 60.6 Å². The van der Waals surface area contributed by atoms with Gasteiger partial charge in [0.25, 0.3) is 0 Å². The third-order valence-corrected chi connectivity index (χ3v) is 14.2. The summed E-state index contributed by atoms with van der Waals surface area (Å²) < 4.78 is 40.6. The molecule has 5 N–H and O–H groups in total. The molecule has 3 aromatic carbocycles. The third-order valence-electron chi connectivity index (χ3n) is 9.48. The van der Waals surface area contributed by atoms with Crippen LogP contribution in [-0.4, -0.2) is 87.3 Å². The van der Waals surface area contributed by atoms with E-state index in [2.05, 4.69) is 106 Å². The Morgan fingerprint density at radius 2 is 1.33 bits per heavy atom. The van der Waals surface area contributed by atoms with Crippen molar-refractivity contribution in [1.82, 2.24) is 13.5 Å². The van der Waals surface area contributed by atoms with Crippen LogP contribution in [0, 0.1) is 41.5 Å². The second kappa shape index (κ2) is 24.1. The van der Waals surface area contributed by atoms with E-state index in [0.717, 1.165) is 56.6 Å². The van der Waals surface area contributed by atoms with Crippen LogP contribution in [0.3, 0.4) is 0 Å². The number of nitrogens with one attached hydrogen (secondary N) is 1. The van der Waals surface area contributed by atoms with Gasteiger partial charge in [0, 0.05) is 66.3 Å². The monoisotopic (exact) mass is 1040 g/mol. The Hall–Kier alpha value is -0.934. The topological polar surface area (TPSA) is 169 Å². The van der Waals surface area contributed by atoms with Gasteiger partial charge in [-0.2, -0.15) is 0 Å². The molecular formula is C42H57Br3KN3O8S. The molecule has 0 radical (unpaired) electrons. The van der Waals surface area contributed by atoms with Crippen molar-refractivity contribution in [3.05, 3.63) is 102 Å². The Balaban J connectivity index is 0.000000385. The van der Waals surface area contributed by atoms with Gasteiger partial charge in [-0.25, -0.2) is 12.4 Å². The normalized spacial score (nSPS) is 14.7. The summed E-state index contributed by atoms with van der Waals surface area (Å²) >= 11 is 10.6. The first kappa shape index (κ1) is 55.1. The van der Waals surface area contributed by atoms with Crippen LogP contribution in [0.15, 0.2) is 68.4 Å². The van der Waals surface area contributed by atoms with Gasteiger partial charge in [-0.3, -0.25) is 0 Å². The van der Waals surface area contributed by atoms with Crippen molar-refractivity contribution in [3.63, 3.8) is 0 Å². The predicted molar refractivity (Wildman–Crippen MR) is 242 cm³/mol. The van der Waals surface area contributed by atoms with Crippen LogP contribution < -0.4 is 51.4 Å². The summed E-state index contributed by atoms with van der Waals surface area (Å²) in [6.07, 6.45) is 7.38. The summed E-state index contributed by atoms with van der Waals surface area (Å²) in [5.74, 6) is -0.333. The quantitative estimate of drug-likeness (QED) is 0.138. The second-order valence-corrected chi connectivity index (χ2v) is 18.5. The molecule has 2 atom stereocenters. The fourth-order valence-corrected chi connectivity index (χ4v) is 8.21. The van der Waals surface area contributed by atoms with Gasteiger partial charge < -0.3 is 39.8 Å². The number of rotatable bonds is 5. The number of benzene rings is 3. The molecule has 0 unspecified atom stereocenters. The summed E-state index contributed by atoms with van der Waals surface area (Å²) in [5, 5.41) is 28.8. The van der Waals surface area contributed by atoms with Crippen LogP contribution in [0.2, 0.25) is 0 Å². The zero-order valence-corrected chi connectivity index (χ0v) is 44.2. The van der Waals surface area contributed by atoms with Crippen LogP contribution >= 0.6 is 47.8 Å². The number of aryl methyl sites for hydroxylation is 6. The maximum absolute atomic E-state index is 11.6. The van der Waals surface area contributed by atoms with E-state index < -0.39 is 16.1 Å². The first-order chi connectivity index (χ1) is 26.2. The van der Waals surface area contributed by atoms with Gasteiger partial charge in [-0.05, 0) is 132 Å². The van der Waals surface area contributed by atoms with Crippen molar-refractivity contribution in [2.45, 2.75) is 93.3 Å². The molecule has 3 aromatic heterocycles. The number of hydrogen-bond acceptors (Lipinski definition) is 8. The number of aliphatic hydroxyl groups is 3. The molecule has 0 spiro atoms. The molecule has 1 aliphatic rings. The van der Waals surface area contributed by atoms with Gasteiger partial charge >= 0.3 is 51.4 Å². The van der Waals surface area contributed by atoms with E-state index in [-0.39, 0.29) is 69.3 Å². The van der Waals surface area contributed by atoms with E-state index in [1.807, 2.05) is 62.9 Å². The zero-order valence-electron chi connectivity index (χ0n) is 35.5. The van der Waals surface area contributed by atoms with Crippen LogP contribution in [0.5, 0.6) is 0 Å². The van der Waals surface area contributed by atoms with Gasteiger partial charge in [0.1, 0.15) is 0 Å². The minimum Gasteiger partial charge on any atom is -0.870 e. The van der Waals surface area contributed by atoms with Crippen LogP contribution in [-0.2, 0) is 26.0 Å². The van der Waals surface area contributed by atoms with Crippen molar-refractivity contribution in [1.29, 1.82) is 0 Å². The molecule has 11 nitrogen and oxygen atoms in total. The summed E-state index contributed by atoms with van der Waals surface area (Å²) in [6.45, 7) is 19.3. The zero-order chi connectivity index (χ0) is 42.3. The number of aromatic amines is 1. The molecule has 1 aliphatic heterocycles. The van der Waals surface area contributed by atoms with Crippen LogP contribution in [0.25, 0.3) is 32.7 Å². The van der Waals surface area contributed by atoms with Gasteiger partial charge in [0.05, 0.1) is 43.7 Å². The second-order valence-electron chi connectivity index (χ2n) is 14.2. The fraction of sp³-hybridized carbons (Fsp3) is 0.429. The average Bonchev–Trinajstić information content (AvgIpc) is 3.97. The summed E-state index contributed by atoms with van der Waals surface area (Å²) in [7, 11) is -2.23. The maximum atomic E-state index is 11.6. The average molecular weight is 1040 g/mol. The first-order valence-corrected chi connectivity index (χ1v) is 22.4. The van der Waals surface area contributed by atoms with E-state index in [4.69, 9.17) is 19.7 Å². The molecule has 1 saturated heterocycles. The number of H-pyrrole nitrogens is 1. The molecule has 58 heavy (non-hydrogen) atoms. The van der Waals surface area contributed by atoms with E-state index in [1.54, 1.807) is 6.20 Å². The Morgan fingerprint density at radius 1 is 0.845 bits per heavy atom.